The van der Waals surface area contributed by atoms with Gasteiger partial charge in [0.25, 0.3) is 0 Å². The Balaban J connectivity index is 1.75. The first kappa shape index (κ1) is 16.4. The number of alkyl halides is 3. The number of likely N-dealkylation sites (tertiary alicyclic amines) is 1. The second-order valence-electron chi connectivity index (χ2n) is 5.54. The second kappa shape index (κ2) is 7.31. The lowest BCUT2D eigenvalue weighted by Crippen LogP contribution is -2.46. The molecule has 0 aromatic heterocycles. The van der Waals surface area contributed by atoms with Gasteiger partial charge in [-0.15, -0.1) is 0 Å². The van der Waals surface area contributed by atoms with Crippen molar-refractivity contribution in [3.8, 4) is 0 Å². The van der Waals surface area contributed by atoms with Gasteiger partial charge < -0.3 is 14.4 Å². The van der Waals surface area contributed by atoms with Crippen LogP contribution in [0.5, 0.6) is 0 Å². The van der Waals surface area contributed by atoms with Crippen LogP contribution in [0.25, 0.3) is 0 Å². The molecule has 5 nitrogen and oxygen atoms in total. The molecule has 0 aromatic rings. The molecule has 0 bridgehead atoms. The van der Waals surface area contributed by atoms with Crippen LogP contribution in [-0.4, -0.2) is 74.6 Å². The van der Waals surface area contributed by atoms with Crippen molar-refractivity contribution < 1.29 is 27.4 Å². The average Bonchev–Trinajstić information content (AvgIpc) is 2.45. The Kier molecular flexibility index (Phi) is 5.69. The maximum atomic E-state index is 12.1. The van der Waals surface area contributed by atoms with Crippen LogP contribution < -0.4 is 0 Å². The summed E-state index contributed by atoms with van der Waals surface area (Å²) in [4.78, 5) is 15.3. The summed E-state index contributed by atoms with van der Waals surface area (Å²) in [5, 5.41) is 0. The first-order valence-corrected chi connectivity index (χ1v) is 7.22. The SMILES string of the molecule is O=C(OCC(F)(F)F)N1CCC[C@H](CN2CCOCC2)C1. The van der Waals surface area contributed by atoms with E-state index < -0.39 is 18.9 Å². The highest BCUT2D eigenvalue weighted by Crippen LogP contribution is 2.20. The van der Waals surface area contributed by atoms with E-state index in [0.717, 1.165) is 32.5 Å². The van der Waals surface area contributed by atoms with Crippen molar-refractivity contribution in [1.29, 1.82) is 0 Å². The first-order valence-electron chi connectivity index (χ1n) is 7.22. The van der Waals surface area contributed by atoms with Crippen molar-refractivity contribution in [3.63, 3.8) is 0 Å². The van der Waals surface area contributed by atoms with E-state index >= 15 is 0 Å². The van der Waals surface area contributed by atoms with Crippen molar-refractivity contribution in [2.45, 2.75) is 19.0 Å². The summed E-state index contributed by atoms with van der Waals surface area (Å²) in [6.07, 6.45) is -3.55. The zero-order chi connectivity index (χ0) is 15.3. The molecule has 122 valence electrons. The van der Waals surface area contributed by atoms with Crippen LogP contribution in [0.2, 0.25) is 0 Å². The topological polar surface area (TPSA) is 42.0 Å². The third kappa shape index (κ3) is 5.70. The Morgan fingerprint density at radius 3 is 2.62 bits per heavy atom. The van der Waals surface area contributed by atoms with E-state index in [1.165, 1.54) is 4.90 Å². The van der Waals surface area contributed by atoms with E-state index in [1.807, 2.05) is 0 Å². The highest BCUT2D eigenvalue weighted by molar-refractivity contribution is 5.67. The van der Waals surface area contributed by atoms with Gasteiger partial charge >= 0.3 is 12.3 Å². The molecule has 0 spiro atoms. The van der Waals surface area contributed by atoms with Gasteiger partial charge in [-0.3, -0.25) is 4.90 Å². The summed E-state index contributed by atoms with van der Waals surface area (Å²) in [5.41, 5.74) is 0. The van der Waals surface area contributed by atoms with Gasteiger partial charge in [0.2, 0.25) is 0 Å². The summed E-state index contributed by atoms with van der Waals surface area (Å²) in [6, 6.07) is 0. The molecule has 0 N–H and O–H groups in total. The minimum absolute atomic E-state index is 0.287. The van der Waals surface area contributed by atoms with E-state index in [-0.39, 0.29) is 5.92 Å². The van der Waals surface area contributed by atoms with E-state index in [0.29, 0.717) is 26.3 Å². The van der Waals surface area contributed by atoms with E-state index in [1.54, 1.807) is 0 Å². The predicted molar refractivity (Wildman–Crippen MR) is 69.0 cm³/mol. The molecule has 0 aromatic carbocycles. The Bertz CT molecular complexity index is 346. The molecule has 2 aliphatic heterocycles. The van der Waals surface area contributed by atoms with Crippen molar-refractivity contribution >= 4 is 6.09 Å². The average molecular weight is 310 g/mol. The second-order valence-corrected chi connectivity index (χ2v) is 5.54. The zero-order valence-corrected chi connectivity index (χ0v) is 11.9. The summed E-state index contributed by atoms with van der Waals surface area (Å²) in [5.74, 6) is 0.287. The molecule has 2 fully saturated rings. The smallest absolute Gasteiger partial charge is 0.422 e. The lowest BCUT2D eigenvalue weighted by atomic mass is 9.97. The van der Waals surface area contributed by atoms with Gasteiger partial charge in [-0.1, -0.05) is 0 Å². The number of halogens is 3. The maximum Gasteiger partial charge on any atom is 0.422 e. The van der Waals surface area contributed by atoms with Crippen molar-refractivity contribution in [3.05, 3.63) is 0 Å². The van der Waals surface area contributed by atoms with E-state index in [4.69, 9.17) is 4.74 Å². The Labute approximate surface area is 122 Å². The highest BCUT2D eigenvalue weighted by Gasteiger charge is 2.32. The Hall–Kier alpha value is -1.02. The third-order valence-electron chi connectivity index (χ3n) is 3.76. The fourth-order valence-electron chi connectivity index (χ4n) is 2.76. The summed E-state index contributed by atoms with van der Waals surface area (Å²) in [6.45, 7) is 3.44. The molecular weight excluding hydrogens is 289 g/mol. The minimum atomic E-state index is -4.47. The van der Waals surface area contributed by atoms with Crippen LogP contribution in [0.15, 0.2) is 0 Å². The van der Waals surface area contributed by atoms with Crippen LogP contribution in [0.3, 0.4) is 0 Å². The normalized spacial score (nSPS) is 24.9. The molecule has 2 aliphatic rings. The summed E-state index contributed by atoms with van der Waals surface area (Å²) >= 11 is 0. The number of carbonyl (C=O) groups excluding carboxylic acids is 1. The van der Waals surface area contributed by atoms with Crippen LogP contribution in [-0.2, 0) is 9.47 Å². The first-order chi connectivity index (χ1) is 9.94. The standard InChI is InChI=1S/C13H21F3N2O3/c14-13(15,16)10-21-12(19)18-3-1-2-11(9-18)8-17-4-6-20-7-5-17/h11H,1-10H2/t11-/m1/s1. The molecule has 1 atom stereocenters. The lowest BCUT2D eigenvalue weighted by Gasteiger charge is -2.36. The Morgan fingerprint density at radius 2 is 1.95 bits per heavy atom. The van der Waals surface area contributed by atoms with Gasteiger partial charge in [-0.05, 0) is 18.8 Å². The van der Waals surface area contributed by atoms with Crippen molar-refractivity contribution in [2.24, 2.45) is 5.92 Å². The molecule has 2 heterocycles. The third-order valence-corrected chi connectivity index (χ3v) is 3.76. The quantitative estimate of drug-likeness (QED) is 0.796. The number of rotatable bonds is 3. The van der Waals surface area contributed by atoms with Gasteiger partial charge in [0, 0.05) is 32.7 Å². The minimum Gasteiger partial charge on any atom is -0.440 e. The maximum absolute atomic E-state index is 12.1. The van der Waals surface area contributed by atoms with Gasteiger partial charge in [0.15, 0.2) is 6.61 Å². The largest absolute Gasteiger partial charge is 0.440 e. The Morgan fingerprint density at radius 1 is 1.24 bits per heavy atom. The van der Waals surface area contributed by atoms with Crippen LogP contribution in [0.4, 0.5) is 18.0 Å². The molecule has 2 rings (SSSR count). The number of amides is 1. The number of carbonyl (C=O) groups is 1. The molecule has 0 saturated carbocycles. The summed E-state index contributed by atoms with van der Waals surface area (Å²) in [7, 11) is 0. The summed E-state index contributed by atoms with van der Waals surface area (Å²) < 4.78 is 45.8. The predicted octanol–water partition coefficient (Wildman–Crippen LogP) is 1.73. The monoisotopic (exact) mass is 310 g/mol. The van der Waals surface area contributed by atoms with Gasteiger partial charge in [-0.25, -0.2) is 4.79 Å². The van der Waals surface area contributed by atoms with Crippen molar-refractivity contribution in [2.75, 3.05) is 52.5 Å². The van der Waals surface area contributed by atoms with Crippen LogP contribution in [0.1, 0.15) is 12.8 Å². The van der Waals surface area contributed by atoms with Gasteiger partial charge in [-0.2, -0.15) is 13.2 Å². The molecule has 0 radical (unpaired) electrons. The fraction of sp³-hybridized carbons (Fsp3) is 0.923. The lowest BCUT2D eigenvalue weighted by molar-refractivity contribution is -0.162. The zero-order valence-electron chi connectivity index (χ0n) is 11.9. The van der Waals surface area contributed by atoms with E-state index in [2.05, 4.69) is 9.64 Å². The van der Waals surface area contributed by atoms with Gasteiger partial charge in [0.05, 0.1) is 13.2 Å². The molecule has 0 unspecified atom stereocenters. The number of ether oxygens (including phenoxy) is 2. The fourth-order valence-corrected chi connectivity index (χ4v) is 2.76. The number of piperidine rings is 1. The number of morpholine rings is 1. The molecule has 0 aliphatic carbocycles. The van der Waals surface area contributed by atoms with Crippen LogP contribution >= 0.6 is 0 Å². The number of hydrogen-bond donors (Lipinski definition) is 0. The highest BCUT2D eigenvalue weighted by atomic mass is 19.4. The van der Waals surface area contributed by atoms with Gasteiger partial charge in [0.1, 0.15) is 0 Å². The number of hydrogen-bond acceptors (Lipinski definition) is 4. The molecule has 21 heavy (non-hydrogen) atoms. The molecule has 8 heteroatoms. The molecule has 1 amide bonds. The number of nitrogens with zero attached hydrogens (tertiary/aromatic N) is 2. The molecular formula is C13H21F3N2O3. The van der Waals surface area contributed by atoms with Crippen molar-refractivity contribution in [1.82, 2.24) is 9.80 Å². The van der Waals surface area contributed by atoms with Crippen LogP contribution in [0, 0.1) is 5.92 Å². The molecule has 2 saturated heterocycles. The van der Waals surface area contributed by atoms with E-state index in [9.17, 15) is 18.0 Å².